The van der Waals surface area contributed by atoms with Gasteiger partial charge in [-0.3, -0.25) is 0 Å². The number of hydrogen-bond acceptors (Lipinski definition) is 2. The summed E-state index contributed by atoms with van der Waals surface area (Å²) < 4.78 is 5.01. The van der Waals surface area contributed by atoms with Crippen LogP contribution in [-0.2, 0) is 4.74 Å². The Hall–Kier alpha value is -0.0800. The number of hydrogen-bond donors (Lipinski definition) is 1. The smallest absolute Gasteiger partial charge is 0.0462 e. The van der Waals surface area contributed by atoms with Crippen LogP contribution in [0.5, 0.6) is 0 Å². The van der Waals surface area contributed by atoms with Crippen LogP contribution in [-0.4, -0.2) is 19.8 Å². The topological polar surface area (TPSA) is 35.2 Å². The Morgan fingerprint density at radius 1 is 1.31 bits per heavy atom. The fraction of sp³-hybridized carbons (Fsp3) is 1.00. The molecule has 0 saturated heterocycles. The van der Waals surface area contributed by atoms with E-state index in [0.29, 0.717) is 11.5 Å². The molecule has 13 heavy (non-hydrogen) atoms. The minimum Gasteiger partial charge on any atom is -0.385 e. The van der Waals surface area contributed by atoms with E-state index in [1.807, 2.05) is 0 Å². The summed E-state index contributed by atoms with van der Waals surface area (Å²) in [7, 11) is 1.76. The number of unbranched alkanes of at least 4 members (excludes halogenated alkanes) is 1. The molecule has 0 amide bonds. The molecule has 2 N–H and O–H groups in total. The lowest BCUT2D eigenvalue weighted by atomic mass is 9.82. The van der Waals surface area contributed by atoms with Crippen LogP contribution in [0.3, 0.4) is 0 Å². The molecule has 0 bridgehead atoms. The van der Waals surface area contributed by atoms with Gasteiger partial charge in [0.2, 0.25) is 0 Å². The van der Waals surface area contributed by atoms with Gasteiger partial charge in [-0.25, -0.2) is 0 Å². The fourth-order valence-corrected chi connectivity index (χ4v) is 1.82. The fourth-order valence-electron chi connectivity index (χ4n) is 1.82. The standard InChI is InChI=1S/C11H25NO/c1-10(12)9-11(2,3)7-5-6-8-13-4/h10H,5-9,12H2,1-4H3. The zero-order valence-corrected chi connectivity index (χ0v) is 9.60. The van der Waals surface area contributed by atoms with Crippen LogP contribution in [0.2, 0.25) is 0 Å². The molecule has 0 aliphatic carbocycles. The lowest BCUT2D eigenvalue weighted by Crippen LogP contribution is -2.25. The van der Waals surface area contributed by atoms with E-state index in [1.54, 1.807) is 7.11 Å². The van der Waals surface area contributed by atoms with E-state index >= 15 is 0 Å². The van der Waals surface area contributed by atoms with Crippen molar-refractivity contribution in [3.63, 3.8) is 0 Å². The zero-order valence-electron chi connectivity index (χ0n) is 9.60. The van der Waals surface area contributed by atoms with Crippen LogP contribution in [0.25, 0.3) is 0 Å². The molecule has 0 heterocycles. The molecular formula is C11H25NO. The van der Waals surface area contributed by atoms with E-state index in [-0.39, 0.29) is 0 Å². The SMILES string of the molecule is COCCCCC(C)(C)CC(C)N. The summed E-state index contributed by atoms with van der Waals surface area (Å²) in [6, 6.07) is 0.317. The van der Waals surface area contributed by atoms with E-state index in [9.17, 15) is 0 Å². The lowest BCUT2D eigenvalue weighted by molar-refractivity contribution is 0.183. The molecule has 0 spiro atoms. The van der Waals surface area contributed by atoms with Crippen LogP contribution >= 0.6 is 0 Å². The number of methoxy groups -OCH3 is 1. The quantitative estimate of drug-likeness (QED) is 0.622. The first-order valence-corrected chi connectivity index (χ1v) is 5.22. The Morgan fingerprint density at radius 2 is 1.92 bits per heavy atom. The normalized spacial score (nSPS) is 14.5. The highest BCUT2D eigenvalue weighted by Gasteiger charge is 2.18. The summed E-state index contributed by atoms with van der Waals surface area (Å²) in [5, 5.41) is 0. The molecule has 0 rings (SSSR count). The van der Waals surface area contributed by atoms with Gasteiger partial charge in [0.05, 0.1) is 0 Å². The van der Waals surface area contributed by atoms with Crippen molar-refractivity contribution < 1.29 is 4.74 Å². The molecular weight excluding hydrogens is 162 g/mol. The first-order chi connectivity index (χ1) is 5.98. The molecule has 0 radical (unpaired) electrons. The van der Waals surface area contributed by atoms with E-state index in [0.717, 1.165) is 13.0 Å². The molecule has 2 nitrogen and oxygen atoms in total. The Bertz CT molecular complexity index is 121. The van der Waals surface area contributed by atoms with Gasteiger partial charge in [-0.1, -0.05) is 20.3 Å². The highest BCUT2D eigenvalue weighted by Crippen LogP contribution is 2.28. The maximum atomic E-state index is 5.78. The third kappa shape index (κ3) is 8.26. The first kappa shape index (κ1) is 12.9. The van der Waals surface area contributed by atoms with Gasteiger partial charge in [0, 0.05) is 19.8 Å². The molecule has 1 unspecified atom stereocenters. The molecule has 0 saturated carbocycles. The highest BCUT2D eigenvalue weighted by atomic mass is 16.5. The van der Waals surface area contributed by atoms with Crippen molar-refractivity contribution in [1.29, 1.82) is 0 Å². The summed E-state index contributed by atoms with van der Waals surface area (Å²) >= 11 is 0. The van der Waals surface area contributed by atoms with Gasteiger partial charge in [0.1, 0.15) is 0 Å². The van der Waals surface area contributed by atoms with Crippen molar-refractivity contribution in [2.24, 2.45) is 11.1 Å². The summed E-state index contributed by atoms with van der Waals surface area (Å²) in [6.45, 7) is 7.55. The second kappa shape index (κ2) is 6.39. The highest BCUT2D eigenvalue weighted by molar-refractivity contribution is 4.72. The van der Waals surface area contributed by atoms with Crippen LogP contribution in [0.1, 0.15) is 46.5 Å². The third-order valence-electron chi connectivity index (χ3n) is 2.33. The second-order valence-electron chi connectivity index (χ2n) is 4.80. The average Bonchev–Trinajstić information content (AvgIpc) is 1.95. The molecule has 0 aliphatic heterocycles. The van der Waals surface area contributed by atoms with Gasteiger partial charge in [-0.05, 0) is 31.6 Å². The van der Waals surface area contributed by atoms with Gasteiger partial charge in [0.25, 0.3) is 0 Å². The van der Waals surface area contributed by atoms with Gasteiger partial charge < -0.3 is 10.5 Å². The summed E-state index contributed by atoms with van der Waals surface area (Å²) in [5.41, 5.74) is 6.18. The van der Waals surface area contributed by atoms with E-state index in [2.05, 4.69) is 20.8 Å². The minimum absolute atomic E-state index is 0.317. The molecule has 0 aromatic carbocycles. The first-order valence-electron chi connectivity index (χ1n) is 5.22. The largest absolute Gasteiger partial charge is 0.385 e. The Kier molecular flexibility index (Phi) is 6.35. The second-order valence-corrected chi connectivity index (χ2v) is 4.80. The van der Waals surface area contributed by atoms with Crippen molar-refractivity contribution in [2.45, 2.75) is 52.5 Å². The van der Waals surface area contributed by atoms with Crippen LogP contribution in [0.4, 0.5) is 0 Å². The van der Waals surface area contributed by atoms with Crippen molar-refractivity contribution >= 4 is 0 Å². The average molecular weight is 187 g/mol. The maximum Gasteiger partial charge on any atom is 0.0462 e. The van der Waals surface area contributed by atoms with Crippen LogP contribution in [0.15, 0.2) is 0 Å². The van der Waals surface area contributed by atoms with Gasteiger partial charge in [0.15, 0.2) is 0 Å². The van der Waals surface area contributed by atoms with Gasteiger partial charge in [-0.15, -0.1) is 0 Å². The molecule has 0 fully saturated rings. The monoisotopic (exact) mass is 187 g/mol. The summed E-state index contributed by atoms with van der Waals surface area (Å²) in [6.07, 6.45) is 4.77. The van der Waals surface area contributed by atoms with Crippen LogP contribution in [0, 0.1) is 5.41 Å². The molecule has 0 aromatic rings. The predicted molar refractivity (Wildman–Crippen MR) is 57.8 cm³/mol. The predicted octanol–water partition coefficient (Wildman–Crippen LogP) is 2.57. The zero-order chi connectivity index (χ0) is 10.3. The van der Waals surface area contributed by atoms with Crippen molar-refractivity contribution in [3.8, 4) is 0 Å². The summed E-state index contributed by atoms with van der Waals surface area (Å²) in [4.78, 5) is 0. The molecule has 2 heteroatoms. The molecule has 0 aliphatic rings. The Morgan fingerprint density at radius 3 is 2.38 bits per heavy atom. The summed E-state index contributed by atoms with van der Waals surface area (Å²) in [5.74, 6) is 0. The third-order valence-corrected chi connectivity index (χ3v) is 2.33. The number of nitrogens with two attached hydrogens (primary N) is 1. The van der Waals surface area contributed by atoms with Crippen LogP contribution < -0.4 is 5.73 Å². The molecule has 0 aromatic heterocycles. The maximum absolute atomic E-state index is 5.78. The van der Waals surface area contributed by atoms with E-state index < -0.39 is 0 Å². The van der Waals surface area contributed by atoms with Crippen molar-refractivity contribution in [3.05, 3.63) is 0 Å². The Balaban J connectivity index is 3.50. The molecule has 80 valence electrons. The number of rotatable bonds is 7. The van der Waals surface area contributed by atoms with Crippen molar-refractivity contribution in [1.82, 2.24) is 0 Å². The van der Waals surface area contributed by atoms with E-state index in [4.69, 9.17) is 10.5 Å². The number of ether oxygens (including phenoxy) is 1. The van der Waals surface area contributed by atoms with E-state index in [1.165, 1.54) is 19.3 Å². The molecule has 1 atom stereocenters. The lowest BCUT2D eigenvalue weighted by Gasteiger charge is -2.26. The Labute approximate surface area is 82.8 Å². The van der Waals surface area contributed by atoms with Gasteiger partial charge >= 0.3 is 0 Å². The minimum atomic E-state index is 0.317. The van der Waals surface area contributed by atoms with Gasteiger partial charge in [-0.2, -0.15) is 0 Å². The van der Waals surface area contributed by atoms with Crippen molar-refractivity contribution in [2.75, 3.05) is 13.7 Å².